The predicted molar refractivity (Wildman–Crippen MR) is 72.8 cm³/mol. The number of aliphatic carboxylic acids is 1. The van der Waals surface area contributed by atoms with Gasteiger partial charge in [0, 0.05) is 0 Å². The molecule has 1 aromatic rings. The van der Waals surface area contributed by atoms with Gasteiger partial charge in [-0.05, 0) is 62.6 Å². The average Bonchev–Trinajstić information content (AvgIpc) is 2.52. The quantitative estimate of drug-likeness (QED) is 0.827. The van der Waals surface area contributed by atoms with Crippen LogP contribution < -0.4 is 0 Å². The van der Waals surface area contributed by atoms with Crippen LogP contribution in [0.5, 0.6) is 0 Å². The molecule has 0 saturated carbocycles. The van der Waals surface area contributed by atoms with Gasteiger partial charge in [0.05, 0.1) is 5.41 Å². The number of benzene rings is 1. The molecule has 0 amide bonds. The van der Waals surface area contributed by atoms with Gasteiger partial charge < -0.3 is 5.11 Å². The van der Waals surface area contributed by atoms with Gasteiger partial charge in [-0.1, -0.05) is 24.6 Å². The fourth-order valence-corrected chi connectivity index (χ4v) is 2.66. The third-order valence-corrected chi connectivity index (χ3v) is 3.89. The van der Waals surface area contributed by atoms with E-state index in [9.17, 15) is 9.90 Å². The molecule has 0 aliphatic heterocycles. The minimum atomic E-state index is -0.725. The zero-order valence-corrected chi connectivity index (χ0v) is 11.3. The Bertz CT molecular complexity index is 446. The summed E-state index contributed by atoms with van der Waals surface area (Å²) in [6.45, 7) is 3.59. The highest BCUT2D eigenvalue weighted by Gasteiger charge is 2.27. The van der Waals surface area contributed by atoms with Crippen LogP contribution in [0.1, 0.15) is 49.8 Å². The molecule has 0 atom stereocenters. The second kappa shape index (κ2) is 5.13. The zero-order chi connectivity index (χ0) is 13.2. The summed E-state index contributed by atoms with van der Waals surface area (Å²) in [6, 6.07) is 6.54. The van der Waals surface area contributed by atoms with Gasteiger partial charge in [-0.2, -0.15) is 0 Å². The molecule has 0 fully saturated rings. The molecule has 0 spiro atoms. The molecule has 0 bridgehead atoms. The monoisotopic (exact) mass is 246 g/mol. The fraction of sp³-hybridized carbons (Fsp3) is 0.562. The van der Waals surface area contributed by atoms with Crippen LogP contribution in [0, 0.1) is 5.41 Å². The van der Waals surface area contributed by atoms with Gasteiger partial charge in [0.2, 0.25) is 0 Å². The molecule has 0 radical (unpaired) electrons. The first-order valence-corrected chi connectivity index (χ1v) is 6.83. The second-order valence-electron chi connectivity index (χ2n) is 6.03. The Morgan fingerprint density at radius 1 is 1.17 bits per heavy atom. The van der Waals surface area contributed by atoms with Gasteiger partial charge in [0.15, 0.2) is 0 Å². The van der Waals surface area contributed by atoms with Gasteiger partial charge in [0.25, 0.3) is 0 Å². The van der Waals surface area contributed by atoms with E-state index in [1.165, 1.54) is 36.8 Å². The summed E-state index contributed by atoms with van der Waals surface area (Å²) >= 11 is 0. The van der Waals surface area contributed by atoms with E-state index < -0.39 is 11.4 Å². The topological polar surface area (TPSA) is 37.3 Å². The standard InChI is InChI=1S/C16H22O2/c1-16(2,15(17)18)11-12-8-9-13-6-4-3-5-7-14(13)10-12/h8-10H,3-7,11H2,1-2H3,(H,17,18). The first-order chi connectivity index (χ1) is 8.49. The molecule has 1 N–H and O–H groups in total. The number of carbonyl (C=O) groups is 1. The van der Waals surface area contributed by atoms with Crippen molar-refractivity contribution in [3.05, 3.63) is 34.9 Å². The van der Waals surface area contributed by atoms with Crippen molar-refractivity contribution in [3.8, 4) is 0 Å². The summed E-state index contributed by atoms with van der Waals surface area (Å²) in [5.41, 5.74) is 3.37. The van der Waals surface area contributed by atoms with Crippen LogP contribution in [0.4, 0.5) is 0 Å². The van der Waals surface area contributed by atoms with Crippen molar-refractivity contribution in [2.75, 3.05) is 0 Å². The lowest BCUT2D eigenvalue weighted by atomic mass is 9.85. The maximum absolute atomic E-state index is 11.2. The highest BCUT2D eigenvalue weighted by Crippen LogP contribution is 2.26. The van der Waals surface area contributed by atoms with Crippen molar-refractivity contribution >= 4 is 5.97 Å². The van der Waals surface area contributed by atoms with E-state index in [1.54, 1.807) is 13.8 Å². The zero-order valence-electron chi connectivity index (χ0n) is 11.3. The molecule has 0 saturated heterocycles. The number of rotatable bonds is 3. The van der Waals surface area contributed by atoms with Gasteiger partial charge in [0.1, 0.15) is 0 Å². The largest absolute Gasteiger partial charge is 0.481 e. The summed E-state index contributed by atoms with van der Waals surface area (Å²) in [6.07, 6.45) is 6.79. The average molecular weight is 246 g/mol. The Balaban J connectivity index is 2.21. The minimum Gasteiger partial charge on any atom is -0.481 e. The van der Waals surface area contributed by atoms with Crippen molar-refractivity contribution in [2.24, 2.45) is 5.41 Å². The molecule has 2 rings (SSSR count). The van der Waals surface area contributed by atoms with Crippen LogP contribution in [-0.2, 0) is 24.1 Å². The third-order valence-electron chi connectivity index (χ3n) is 3.89. The number of aryl methyl sites for hydroxylation is 2. The lowest BCUT2D eigenvalue weighted by Gasteiger charge is -2.20. The van der Waals surface area contributed by atoms with Gasteiger partial charge in [-0.25, -0.2) is 0 Å². The Hall–Kier alpha value is -1.31. The lowest BCUT2D eigenvalue weighted by Crippen LogP contribution is -2.26. The SMILES string of the molecule is CC(C)(Cc1ccc2c(c1)CCCCC2)C(=O)O. The second-order valence-corrected chi connectivity index (χ2v) is 6.03. The molecule has 1 aromatic carbocycles. The summed E-state index contributed by atoms with van der Waals surface area (Å²) in [7, 11) is 0. The molecular formula is C16H22O2. The third kappa shape index (κ3) is 2.92. The van der Waals surface area contributed by atoms with E-state index in [0.717, 1.165) is 12.0 Å². The van der Waals surface area contributed by atoms with Crippen LogP contribution in [0.3, 0.4) is 0 Å². The normalized spacial score (nSPS) is 15.9. The van der Waals surface area contributed by atoms with Crippen molar-refractivity contribution in [1.82, 2.24) is 0 Å². The molecule has 0 unspecified atom stereocenters. The molecular weight excluding hydrogens is 224 g/mol. The molecule has 18 heavy (non-hydrogen) atoms. The number of carboxylic acid groups (broad SMARTS) is 1. The molecule has 2 heteroatoms. The Kier molecular flexibility index (Phi) is 3.74. The maximum Gasteiger partial charge on any atom is 0.309 e. The maximum atomic E-state index is 11.2. The summed E-state index contributed by atoms with van der Waals surface area (Å²) in [4.78, 5) is 11.2. The fourth-order valence-electron chi connectivity index (χ4n) is 2.66. The number of fused-ring (bicyclic) bond motifs is 1. The molecule has 98 valence electrons. The number of hydrogen-bond donors (Lipinski definition) is 1. The van der Waals surface area contributed by atoms with Crippen LogP contribution in [-0.4, -0.2) is 11.1 Å². The van der Waals surface area contributed by atoms with E-state index in [2.05, 4.69) is 18.2 Å². The Morgan fingerprint density at radius 3 is 2.50 bits per heavy atom. The van der Waals surface area contributed by atoms with Gasteiger partial charge in [-0.15, -0.1) is 0 Å². The molecule has 2 nitrogen and oxygen atoms in total. The lowest BCUT2D eigenvalue weighted by molar-refractivity contribution is -0.146. The van der Waals surface area contributed by atoms with Gasteiger partial charge >= 0.3 is 5.97 Å². The van der Waals surface area contributed by atoms with E-state index in [-0.39, 0.29) is 0 Å². The van der Waals surface area contributed by atoms with E-state index in [4.69, 9.17) is 0 Å². The van der Waals surface area contributed by atoms with E-state index in [0.29, 0.717) is 6.42 Å². The highest BCUT2D eigenvalue weighted by molar-refractivity contribution is 5.74. The number of hydrogen-bond acceptors (Lipinski definition) is 1. The smallest absolute Gasteiger partial charge is 0.309 e. The first-order valence-electron chi connectivity index (χ1n) is 6.83. The highest BCUT2D eigenvalue weighted by atomic mass is 16.4. The van der Waals surface area contributed by atoms with Crippen LogP contribution >= 0.6 is 0 Å². The Morgan fingerprint density at radius 2 is 1.83 bits per heavy atom. The minimum absolute atomic E-state index is 0.607. The van der Waals surface area contributed by atoms with Crippen molar-refractivity contribution in [2.45, 2.75) is 52.4 Å². The van der Waals surface area contributed by atoms with Crippen molar-refractivity contribution in [3.63, 3.8) is 0 Å². The van der Waals surface area contributed by atoms with Gasteiger partial charge in [-0.3, -0.25) is 4.79 Å². The van der Waals surface area contributed by atoms with Crippen molar-refractivity contribution < 1.29 is 9.90 Å². The van der Waals surface area contributed by atoms with Crippen LogP contribution in [0.2, 0.25) is 0 Å². The van der Waals surface area contributed by atoms with E-state index in [1.807, 2.05) is 0 Å². The first kappa shape index (κ1) is 13.1. The molecule has 0 aromatic heterocycles. The Labute approximate surface area is 109 Å². The van der Waals surface area contributed by atoms with Crippen LogP contribution in [0.25, 0.3) is 0 Å². The summed E-state index contributed by atoms with van der Waals surface area (Å²) in [5, 5.41) is 9.19. The van der Waals surface area contributed by atoms with E-state index >= 15 is 0 Å². The molecule has 0 heterocycles. The number of carboxylic acids is 1. The summed E-state index contributed by atoms with van der Waals surface area (Å²) in [5.74, 6) is -0.725. The molecule has 1 aliphatic carbocycles. The summed E-state index contributed by atoms with van der Waals surface area (Å²) < 4.78 is 0. The molecule has 1 aliphatic rings. The van der Waals surface area contributed by atoms with Crippen LogP contribution in [0.15, 0.2) is 18.2 Å². The van der Waals surface area contributed by atoms with Crippen molar-refractivity contribution in [1.29, 1.82) is 0 Å². The predicted octanol–water partition coefficient (Wildman–Crippen LogP) is 3.61.